The Morgan fingerprint density at radius 1 is 0.775 bits per heavy atom. The largest absolute Gasteiger partial charge is 0.367 e. The molecular weight excluding hydrogens is 508 g/mol. The summed E-state index contributed by atoms with van der Waals surface area (Å²) in [4.78, 5) is 13.7. The lowest BCUT2D eigenvalue weighted by atomic mass is 9.75. The van der Waals surface area contributed by atoms with Crippen molar-refractivity contribution in [2.45, 2.75) is 82.0 Å². The predicted molar refractivity (Wildman–Crippen MR) is 147 cm³/mol. The zero-order chi connectivity index (χ0) is 27.6. The summed E-state index contributed by atoms with van der Waals surface area (Å²) in [6.45, 7) is 5.11. The minimum absolute atomic E-state index is 0.109. The zero-order valence-corrected chi connectivity index (χ0v) is 22.9. The van der Waals surface area contributed by atoms with Crippen LogP contribution < -0.4 is 0 Å². The van der Waals surface area contributed by atoms with Gasteiger partial charge in [0.2, 0.25) is 0 Å². The SMILES string of the molecule is CC1(C)OC[C@H](C[C@@]2(OCc3ccccc3)C3OC3C(=O)[C@@H](OCc3ccccc3)[C@@H]2OCc2ccccc2)O1. The van der Waals surface area contributed by atoms with E-state index in [1.165, 1.54) is 0 Å². The number of fused-ring (bicyclic) bond motifs is 1. The molecule has 6 rings (SSSR count). The number of benzene rings is 3. The van der Waals surface area contributed by atoms with Crippen LogP contribution in [0.4, 0.5) is 0 Å². The molecule has 0 amide bonds. The van der Waals surface area contributed by atoms with Crippen molar-refractivity contribution in [3.63, 3.8) is 0 Å². The topological polar surface area (TPSA) is 75.8 Å². The molecular formula is C33H36O7. The molecule has 0 aromatic heterocycles. The molecule has 3 aliphatic rings. The van der Waals surface area contributed by atoms with E-state index in [-0.39, 0.29) is 18.5 Å². The maximum Gasteiger partial charge on any atom is 0.195 e. The van der Waals surface area contributed by atoms with Gasteiger partial charge in [-0.2, -0.15) is 0 Å². The second-order valence-electron chi connectivity index (χ2n) is 11.2. The molecule has 2 saturated heterocycles. The third-order valence-electron chi connectivity index (χ3n) is 7.80. The molecule has 0 spiro atoms. The van der Waals surface area contributed by atoms with Crippen molar-refractivity contribution in [3.05, 3.63) is 108 Å². The number of epoxide rings is 1. The lowest BCUT2D eigenvalue weighted by Crippen LogP contribution is -2.64. The van der Waals surface area contributed by atoms with E-state index in [2.05, 4.69) is 0 Å². The van der Waals surface area contributed by atoms with Crippen LogP contribution in [0.2, 0.25) is 0 Å². The highest BCUT2D eigenvalue weighted by molar-refractivity contribution is 5.92. The fourth-order valence-electron chi connectivity index (χ4n) is 5.81. The molecule has 0 radical (unpaired) electrons. The van der Waals surface area contributed by atoms with Crippen molar-refractivity contribution < 1.29 is 33.2 Å². The summed E-state index contributed by atoms with van der Waals surface area (Å²) in [5.41, 5.74) is 1.98. The molecule has 0 bridgehead atoms. The van der Waals surface area contributed by atoms with E-state index < -0.39 is 35.8 Å². The van der Waals surface area contributed by atoms with Crippen LogP contribution in [0.15, 0.2) is 91.0 Å². The third-order valence-corrected chi connectivity index (χ3v) is 7.80. The highest BCUT2D eigenvalue weighted by atomic mass is 16.7. The number of hydrogen-bond donors (Lipinski definition) is 0. The predicted octanol–water partition coefficient (Wildman–Crippen LogP) is 5.00. The van der Waals surface area contributed by atoms with Gasteiger partial charge >= 0.3 is 0 Å². The van der Waals surface area contributed by atoms with Gasteiger partial charge in [0.1, 0.15) is 30.0 Å². The molecule has 1 saturated carbocycles. The van der Waals surface area contributed by atoms with Gasteiger partial charge in [0.15, 0.2) is 11.6 Å². The number of Topliss-reactive ketones (excluding diaryl/α,β-unsaturated/α-hetero) is 1. The number of carbonyl (C=O) groups is 1. The molecule has 0 N–H and O–H groups in total. The maximum absolute atomic E-state index is 13.7. The van der Waals surface area contributed by atoms with E-state index in [9.17, 15) is 4.79 Å². The molecule has 7 nitrogen and oxygen atoms in total. The van der Waals surface area contributed by atoms with Crippen LogP contribution in [0.3, 0.4) is 0 Å². The van der Waals surface area contributed by atoms with Crippen molar-refractivity contribution in [2.24, 2.45) is 0 Å². The smallest absolute Gasteiger partial charge is 0.195 e. The van der Waals surface area contributed by atoms with Crippen LogP contribution in [0.5, 0.6) is 0 Å². The number of carbonyl (C=O) groups excluding carboxylic acids is 1. The van der Waals surface area contributed by atoms with Crippen LogP contribution >= 0.6 is 0 Å². The molecule has 7 heteroatoms. The van der Waals surface area contributed by atoms with E-state index in [0.29, 0.717) is 26.2 Å². The van der Waals surface area contributed by atoms with Crippen molar-refractivity contribution in [1.29, 1.82) is 0 Å². The first-order chi connectivity index (χ1) is 19.4. The Balaban J connectivity index is 1.34. The summed E-state index contributed by atoms with van der Waals surface area (Å²) in [5.74, 6) is -0.815. The quantitative estimate of drug-likeness (QED) is 0.314. The van der Waals surface area contributed by atoms with E-state index in [1.807, 2.05) is 105 Å². The average molecular weight is 545 g/mol. The van der Waals surface area contributed by atoms with Crippen LogP contribution in [-0.4, -0.2) is 54.3 Å². The van der Waals surface area contributed by atoms with Crippen LogP contribution in [0.25, 0.3) is 0 Å². The van der Waals surface area contributed by atoms with Gasteiger partial charge < -0.3 is 28.4 Å². The van der Waals surface area contributed by atoms with Gasteiger partial charge in [0, 0.05) is 6.42 Å². The van der Waals surface area contributed by atoms with Crippen molar-refractivity contribution >= 4 is 5.78 Å². The lowest BCUT2D eigenvalue weighted by Gasteiger charge is -2.45. The number of ketones is 1. The molecule has 1 aliphatic carbocycles. The van der Waals surface area contributed by atoms with E-state index in [1.54, 1.807) is 0 Å². The van der Waals surface area contributed by atoms with Gasteiger partial charge in [0.05, 0.1) is 32.5 Å². The van der Waals surface area contributed by atoms with Gasteiger partial charge in [0.25, 0.3) is 0 Å². The summed E-state index contributed by atoms with van der Waals surface area (Å²) in [7, 11) is 0. The van der Waals surface area contributed by atoms with Gasteiger partial charge in [-0.05, 0) is 30.5 Å². The number of ether oxygens (including phenoxy) is 6. The minimum atomic E-state index is -1.00. The van der Waals surface area contributed by atoms with E-state index in [0.717, 1.165) is 16.7 Å². The minimum Gasteiger partial charge on any atom is -0.367 e. The van der Waals surface area contributed by atoms with E-state index in [4.69, 9.17) is 28.4 Å². The molecule has 3 fully saturated rings. The van der Waals surface area contributed by atoms with Crippen LogP contribution in [-0.2, 0) is 53.0 Å². The van der Waals surface area contributed by atoms with Gasteiger partial charge in [-0.1, -0.05) is 91.0 Å². The zero-order valence-electron chi connectivity index (χ0n) is 22.9. The van der Waals surface area contributed by atoms with Crippen molar-refractivity contribution in [3.8, 4) is 0 Å². The normalized spacial score (nSPS) is 30.6. The molecule has 2 heterocycles. The average Bonchev–Trinajstić information content (AvgIpc) is 3.72. The fraction of sp³-hybridized carbons (Fsp3) is 0.424. The van der Waals surface area contributed by atoms with E-state index >= 15 is 0 Å². The fourth-order valence-corrected chi connectivity index (χ4v) is 5.81. The van der Waals surface area contributed by atoms with Gasteiger partial charge in [-0.3, -0.25) is 4.79 Å². The Kier molecular flexibility index (Phi) is 7.86. The molecule has 210 valence electrons. The summed E-state index contributed by atoms with van der Waals surface area (Å²) >= 11 is 0. The first-order valence-corrected chi connectivity index (χ1v) is 13.9. The molecule has 6 atom stereocenters. The summed E-state index contributed by atoms with van der Waals surface area (Å²) in [6.07, 6.45) is -2.51. The van der Waals surface area contributed by atoms with Gasteiger partial charge in [-0.15, -0.1) is 0 Å². The molecule has 40 heavy (non-hydrogen) atoms. The Morgan fingerprint density at radius 2 is 1.32 bits per heavy atom. The third kappa shape index (κ3) is 5.91. The van der Waals surface area contributed by atoms with Crippen LogP contribution in [0.1, 0.15) is 37.0 Å². The van der Waals surface area contributed by atoms with Gasteiger partial charge in [-0.25, -0.2) is 0 Å². The standard InChI is InChI=1S/C33H36O7/c1-32(2)37-22-26(40-32)18-33(38-21-25-16-10-5-11-17-25)30(36-20-24-14-8-4-9-15-24)28(27(34)29-31(33)39-29)35-19-23-12-6-3-7-13-23/h3-17,26,28-31H,18-22H2,1-2H3/t26-,28+,29?,30-,31?,33-/m0/s1. The summed E-state index contributed by atoms with van der Waals surface area (Å²) in [6, 6.07) is 29.7. The Bertz CT molecular complexity index is 1270. The first-order valence-electron chi connectivity index (χ1n) is 13.9. The Hall–Kier alpha value is -2.91. The highest BCUT2D eigenvalue weighted by Gasteiger charge is 2.71. The Morgan fingerprint density at radius 3 is 1.88 bits per heavy atom. The van der Waals surface area contributed by atoms with Crippen molar-refractivity contribution in [2.75, 3.05) is 6.61 Å². The lowest BCUT2D eigenvalue weighted by molar-refractivity contribution is -0.227. The highest BCUT2D eigenvalue weighted by Crippen LogP contribution is 2.50. The Labute approximate surface area is 235 Å². The summed E-state index contributed by atoms with van der Waals surface area (Å²) in [5, 5.41) is 0. The number of rotatable bonds is 11. The monoisotopic (exact) mass is 544 g/mol. The molecule has 3 aromatic carbocycles. The summed E-state index contributed by atoms with van der Waals surface area (Å²) < 4.78 is 38.2. The molecule has 2 aliphatic heterocycles. The van der Waals surface area contributed by atoms with Crippen LogP contribution in [0, 0.1) is 0 Å². The first kappa shape index (κ1) is 27.3. The van der Waals surface area contributed by atoms with Crippen molar-refractivity contribution in [1.82, 2.24) is 0 Å². The second-order valence-corrected chi connectivity index (χ2v) is 11.2. The maximum atomic E-state index is 13.7. The number of hydrogen-bond acceptors (Lipinski definition) is 7. The second kappa shape index (κ2) is 11.5. The molecule has 2 unspecified atom stereocenters. The molecule has 3 aromatic rings.